The molecule has 1 saturated heterocycles. The van der Waals surface area contributed by atoms with Gasteiger partial charge in [0.25, 0.3) is 0 Å². The van der Waals surface area contributed by atoms with E-state index in [2.05, 4.69) is 4.74 Å². The molecule has 1 aromatic rings. The highest BCUT2D eigenvalue weighted by Crippen LogP contribution is 2.28. The number of aliphatic hydroxyl groups excluding tert-OH is 1. The summed E-state index contributed by atoms with van der Waals surface area (Å²) in [6.07, 6.45) is 0.621. The number of esters is 1. The molecule has 1 unspecified atom stereocenters. The first-order chi connectivity index (χ1) is 9.90. The van der Waals surface area contributed by atoms with E-state index < -0.39 is 16.0 Å². The molecule has 0 amide bonds. The van der Waals surface area contributed by atoms with Crippen LogP contribution >= 0.6 is 0 Å². The average molecular weight is 314 g/mol. The number of hydrogen-bond donors (Lipinski definition) is 2. The van der Waals surface area contributed by atoms with Gasteiger partial charge in [-0.1, -0.05) is 0 Å². The van der Waals surface area contributed by atoms with Crippen molar-refractivity contribution in [3.63, 3.8) is 0 Å². The number of rotatable bonds is 4. The van der Waals surface area contributed by atoms with Crippen molar-refractivity contribution in [2.75, 3.05) is 32.5 Å². The second kappa shape index (κ2) is 6.00. The second-order valence-electron chi connectivity index (χ2n) is 4.94. The van der Waals surface area contributed by atoms with Gasteiger partial charge < -0.3 is 15.6 Å². The molecule has 8 heteroatoms. The number of aliphatic hydroxyl groups is 1. The summed E-state index contributed by atoms with van der Waals surface area (Å²) >= 11 is 0. The number of anilines is 1. The third kappa shape index (κ3) is 3.02. The van der Waals surface area contributed by atoms with Crippen molar-refractivity contribution in [3.8, 4) is 0 Å². The molecule has 1 heterocycles. The number of benzene rings is 1. The Hall–Kier alpha value is -1.64. The standard InChI is InChI=1S/C13H18N2O5S/c1-20-13(17)10-2-3-12(11(14)6-10)21(18,19)15-5-4-9(7-15)8-16/h2-3,6,9,16H,4-5,7-8,14H2,1H3. The number of sulfonamides is 1. The molecule has 116 valence electrons. The van der Waals surface area contributed by atoms with Crippen molar-refractivity contribution in [2.24, 2.45) is 5.92 Å². The van der Waals surface area contributed by atoms with Gasteiger partial charge in [0, 0.05) is 19.7 Å². The molecule has 1 aliphatic heterocycles. The lowest BCUT2D eigenvalue weighted by molar-refractivity contribution is 0.0600. The van der Waals surface area contributed by atoms with Crippen LogP contribution in [0.5, 0.6) is 0 Å². The normalized spacial score (nSPS) is 19.6. The van der Waals surface area contributed by atoms with E-state index >= 15 is 0 Å². The van der Waals surface area contributed by atoms with Crippen LogP contribution in [0.2, 0.25) is 0 Å². The van der Waals surface area contributed by atoms with Crippen molar-refractivity contribution < 1.29 is 23.1 Å². The monoisotopic (exact) mass is 314 g/mol. The van der Waals surface area contributed by atoms with Gasteiger partial charge in [-0.3, -0.25) is 0 Å². The maximum absolute atomic E-state index is 12.5. The van der Waals surface area contributed by atoms with Crippen molar-refractivity contribution in [2.45, 2.75) is 11.3 Å². The fraction of sp³-hybridized carbons (Fsp3) is 0.462. The second-order valence-corrected chi connectivity index (χ2v) is 6.85. The molecule has 21 heavy (non-hydrogen) atoms. The van der Waals surface area contributed by atoms with E-state index in [-0.39, 0.29) is 35.2 Å². The molecule has 2 rings (SSSR count). The van der Waals surface area contributed by atoms with Gasteiger partial charge in [0.1, 0.15) is 4.90 Å². The summed E-state index contributed by atoms with van der Waals surface area (Å²) in [5.41, 5.74) is 5.97. The molecule has 7 nitrogen and oxygen atoms in total. The fourth-order valence-electron chi connectivity index (χ4n) is 2.33. The number of nitrogens with two attached hydrogens (primary N) is 1. The number of ether oxygens (including phenoxy) is 1. The molecule has 0 radical (unpaired) electrons. The van der Waals surface area contributed by atoms with E-state index in [4.69, 9.17) is 10.8 Å². The van der Waals surface area contributed by atoms with Crippen LogP contribution in [0, 0.1) is 5.92 Å². The van der Waals surface area contributed by atoms with Gasteiger partial charge in [0.15, 0.2) is 0 Å². The molecular formula is C13H18N2O5S. The van der Waals surface area contributed by atoms with Gasteiger partial charge in [0.2, 0.25) is 10.0 Å². The summed E-state index contributed by atoms with van der Waals surface area (Å²) in [5.74, 6) is -0.623. The van der Waals surface area contributed by atoms with E-state index in [1.54, 1.807) is 0 Å². The van der Waals surface area contributed by atoms with Gasteiger partial charge in [-0.2, -0.15) is 4.31 Å². The summed E-state index contributed by atoms with van der Waals surface area (Å²) in [7, 11) is -2.48. The lowest BCUT2D eigenvalue weighted by Crippen LogP contribution is -2.30. The zero-order valence-electron chi connectivity index (χ0n) is 11.7. The summed E-state index contributed by atoms with van der Waals surface area (Å²) in [4.78, 5) is 11.4. The van der Waals surface area contributed by atoms with Gasteiger partial charge >= 0.3 is 5.97 Å². The Balaban J connectivity index is 2.31. The zero-order chi connectivity index (χ0) is 15.6. The van der Waals surface area contributed by atoms with E-state index in [0.717, 1.165) is 0 Å². The van der Waals surface area contributed by atoms with Crippen LogP contribution in [0.15, 0.2) is 23.1 Å². The van der Waals surface area contributed by atoms with Gasteiger partial charge in [-0.15, -0.1) is 0 Å². The quantitative estimate of drug-likeness (QED) is 0.600. The van der Waals surface area contributed by atoms with Crippen molar-refractivity contribution >= 4 is 21.7 Å². The smallest absolute Gasteiger partial charge is 0.337 e. The molecular weight excluding hydrogens is 296 g/mol. The Kier molecular flexibility index (Phi) is 4.50. The third-order valence-corrected chi connectivity index (χ3v) is 5.49. The number of carbonyl (C=O) groups is 1. The third-order valence-electron chi connectivity index (χ3n) is 3.56. The predicted molar refractivity (Wildman–Crippen MR) is 76.1 cm³/mol. The largest absolute Gasteiger partial charge is 0.465 e. The van der Waals surface area contributed by atoms with E-state index in [1.165, 1.54) is 29.6 Å². The summed E-state index contributed by atoms with van der Waals surface area (Å²) in [6.45, 7) is 0.589. The molecule has 0 aromatic heterocycles. The highest BCUT2D eigenvalue weighted by atomic mass is 32.2. The Bertz CT molecular complexity index is 644. The Morgan fingerprint density at radius 1 is 1.52 bits per heavy atom. The minimum atomic E-state index is -3.72. The molecule has 0 aliphatic carbocycles. The van der Waals surface area contributed by atoms with Gasteiger partial charge in [-0.25, -0.2) is 13.2 Å². The Labute approximate surface area is 123 Å². The van der Waals surface area contributed by atoms with Crippen LogP contribution in [0.4, 0.5) is 5.69 Å². The lowest BCUT2D eigenvalue weighted by atomic mass is 10.1. The van der Waals surface area contributed by atoms with Crippen molar-refractivity contribution in [1.29, 1.82) is 0 Å². The van der Waals surface area contributed by atoms with Crippen LogP contribution in [0.1, 0.15) is 16.8 Å². The number of nitrogens with zero attached hydrogens (tertiary/aromatic N) is 1. The van der Waals surface area contributed by atoms with E-state index in [0.29, 0.717) is 13.0 Å². The van der Waals surface area contributed by atoms with Crippen LogP contribution in [0.3, 0.4) is 0 Å². The van der Waals surface area contributed by atoms with Gasteiger partial charge in [-0.05, 0) is 30.5 Å². The maximum atomic E-state index is 12.5. The highest BCUT2D eigenvalue weighted by molar-refractivity contribution is 7.89. The van der Waals surface area contributed by atoms with E-state index in [1.807, 2.05) is 0 Å². The summed E-state index contributed by atoms with van der Waals surface area (Å²) in [5, 5.41) is 9.10. The zero-order valence-corrected chi connectivity index (χ0v) is 12.5. The average Bonchev–Trinajstić information content (AvgIpc) is 2.95. The fourth-order valence-corrected chi connectivity index (χ4v) is 3.96. The minimum absolute atomic E-state index is 0.00495. The first-order valence-corrected chi connectivity index (χ1v) is 7.93. The molecule has 0 spiro atoms. The number of nitrogen functional groups attached to an aromatic ring is 1. The molecule has 1 atom stereocenters. The first-order valence-electron chi connectivity index (χ1n) is 6.49. The van der Waals surface area contributed by atoms with Crippen LogP contribution in [-0.4, -0.2) is 50.6 Å². The Morgan fingerprint density at radius 2 is 2.24 bits per heavy atom. The molecule has 0 bridgehead atoms. The SMILES string of the molecule is COC(=O)c1ccc(S(=O)(=O)N2CCC(CO)C2)c(N)c1. The molecule has 0 saturated carbocycles. The number of hydrogen-bond acceptors (Lipinski definition) is 6. The maximum Gasteiger partial charge on any atom is 0.337 e. The van der Waals surface area contributed by atoms with Crippen LogP contribution in [0.25, 0.3) is 0 Å². The first kappa shape index (κ1) is 15.7. The summed E-state index contributed by atoms with van der Waals surface area (Å²) in [6, 6.07) is 3.97. The number of carbonyl (C=O) groups excluding carboxylic acids is 1. The van der Waals surface area contributed by atoms with Crippen molar-refractivity contribution in [3.05, 3.63) is 23.8 Å². The lowest BCUT2D eigenvalue weighted by Gasteiger charge is -2.17. The van der Waals surface area contributed by atoms with E-state index in [9.17, 15) is 13.2 Å². The molecule has 1 aromatic carbocycles. The Morgan fingerprint density at radius 3 is 2.76 bits per heavy atom. The molecule has 1 fully saturated rings. The van der Waals surface area contributed by atoms with Gasteiger partial charge in [0.05, 0.1) is 18.4 Å². The molecule has 1 aliphatic rings. The van der Waals surface area contributed by atoms with Crippen LogP contribution < -0.4 is 5.73 Å². The number of methoxy groups -OCH3 is 1. The van der Waals surface area contributed by atoms with Crippen molar-refractivity contribution in [1.82, 2.24) is 4.31 Å². The highest BCUT2D eigenvalue weighted by Gasteiger charge is 2.33. The van der Waals surface area contributed by atoms with Crippen LogP contribution in [-0.2, 0) is 14.8 Å². The minimum Gasteiger partial charge on any atom is -0.465 e. The predicted octanol–water partition coefficient (Wildman–Crippen LogP) is 0.0583. The summed E-state index contributed by atoms with van der Waals surface area (Å²) < 4.78 is 30.9. The topological polar surface area (TPSA) is 110 Å². The molecule has 3 N–H and O–H groups in total.